The van der Waals surface area contributed by atoms with E-state index in [4.69, 9.17) is 5.11 Å². The molecule has 0 bridgehead atoms. The number of aromatic amines is 1. The van der Waals surface area contributed by atoms with E-state index in [0.717, 1.165) is 0 Å². The van der Waals surface area contributed by atoms with E-state index in [0.29, 0.717) is 21.6 Å². The Labute approximate surface area is 134 Å². The summed E-state index contributed by atoms with van der Waals surface area (Å²) in [6.45, 7) is -0.249. The maximum Gasteiger partial charge on any atom is 0.270 e. The fraction of sp³-hybridized carbons (Fsp3) is 0.143. The Morgan fingerprint density at radius 2 is 2.22 bits per heavy atom. The maximum absolute atomic E-state index is 11.9. The molecule has 0 saturated heterocycles. The number of phenolic OH excluding ortho intramolecular Hbond substituents is 1. The van der Waals surface area contributed by atoms with E-state index >= 15 is 0 Å². The summed E-state index contributed by atoms with van der Waals surface area (Å²) < 4.78 is 0.532. The van der Waals surface area contributed by atoms with Crippen LogP contribution in [0.1, 0.15) is 0 Å². The van der Waals surface area contributed by atoms with Gasteiger partial charge in [-0.15, -0.1) is 11.3 Å². The summed E-state index contributed by atoms with van der Waals surface area (Å²) in [5.41, 5.74) is 0.914. The summed E-state index contributed by atoms with van der Waals surface area (Å²) >= 11 is 1.30. The number of thiophene rings is 1. The number of H-pyrrole nitrogens is 1. The van der Waals surface area contributed by atoms with E-state index in [-0.39, 0.29) is 35.5 Å². The average molecular weight is 334 g/mol. The van der Waals surface area contributed by atoms with Crippen LogP contribution < -0.4 is 15.9 Å². The van der Waals surface area contributed by atoms with Crippen molar-refractivity contribution < 1.29 is 15.3 Å². The van der Waals surface area contributed by atoms with Gasteiger partial charge in [0.15, 0.2) is 0 Å². The largest absolute Gasteiger partial charge is 0.629 e. The molecular weight excluding hydrogens is 320 g/mol. The minimum atomic E-state index is -0.263. The number of nitrogens with zero attached hydrogens (tertiary/aromatic N) is 1. The normalized spacial score (nSPS) is 12.4. The van der Waals surface area contributed by atoms with Gasteiger partial charge in [-0.05, 0) is 17.5 Å². The number of hydrogen-bond acceptors (Lipinski definition) is 7. The van der Waals surface area contributed by atoms with Crippen LogP contribution in [0, 0.1) is 5.21 Å². The minimum absolute atomic E-state index is 0.00405. The third kappa shape index (κ3) is 3.17. The number of nitrogens with one attached hydrogen (secondary N) is 3. The van der Waals surface area contributed by atoms with E-state index in [1.807, 2.05) is 0 Å². The highest BCUT2D eigenvalue weighted by molar-refractivity contribution is 7.17. The van der Waals surface area contributed by atoms with Gasteiger partial charge in [-0.3, -0.25) is 9.78 Å². The zero-order valence-corrected chi connectivity index (χ0v) is 12.7. The van der Waals surface area contributed by atoms with Crippen LogP contribution in [0.3, 0.4) is 0 Å². The lowest BCUT2D eigenvalue weighted by atomic mass is 10.2. The van der Waals surface area contributed by atoms with Crippen molar-refractivity contribution in [1.29, 1.82) is 0 Å². The van der Waals surface area contributed by atoms with Gasteiger partial charge >= 0.3 is 0 Å². The molecule has 9 heteroatoms. The first-order valence-electron chi connectivity index (χ1n) is 6.80. The second-order valence-electron chi connectivity index (χ2n) is 4.80. The lowest BCUT2D eigenvalue weighted by molar-refractivity contribution is -0.777. The van der Waals surface area contributed by atoms with Gasteiger partial charge in [-0.25, -0.2) is 4.98 Å². The van der Waals surface area contributed by atoms with E-state index in [1.54, 1.807) is 11.4 Å². The number of aromatic nitrogens is 2. The first-order valence-corrected chi connectivity index (χ1v) is 7.68. The van der Waals surface area contributed by atoms with E-state index in [9.17, 15) is 15.1 Å². The Morgan fingerprint density at radius 1 is 1.39 bits per heavy atom. The Bertz CT molecular complexity index is 892. The predicted molar refractivity (Wildman–Crippen MR) is 87.6 cm³/mol. The third-order valence-corrected chi connectivity index (χ3v) is 4.13. The Balaban J connectivity index is 1.88. The highest BCUT2D eigenvalue weighted by Gasteiger charge is 2.10. The predicted octanol–water partition coefficient (Wildman–Crippen LogP) is 0.440. The number of rotatable bonds is 5. The molecular formula is C14H14N4O4S. The summed E-state index contributed by atoms with van der Waals surface area (Å²) in [4.78, 5) is 18.7. The van der Waals surface area contributed by atoms with Gasteiger partial charge in [0.05, 0.1) is 17.8 Å². The van der Waals surface area contributed by atoms with Crippen LogP contribution >= 0.6 is 11.3 Å². The number of phenols is 1. The molecule has 1 atom stereocenters. The number of aliphatic hydroxyl groups excluding tert-OH is 1. The molecule has 0 amide bonds. The molecule has 8 nitrogen and oxygen atoms in total. The van der Waals surface area contributed by atoms with Gasteiger partial charge < -0.3 is 25.8 Å². The van der Waals surface area contributed by atoms with Crippen molar-refractivity contribution in [1.82, 2.24) is 9.97 Å². The quantitative estimate of drug-likeness (QED) is 0.340. The Kier molecular flexibility index (Phi) is 4.26. The fourth-order valence-electron chi connectivity index (χ4n) is 2.12. The second-order valence-corrected chi connectivity index (χ2v) is 5.72. The van der Waals surface area contributed by atoms with Crippen molar-refractivity contribution in [3.8, 4) is 5.75 Å². The van der Waals surface area contributed by atoms with Gasteiger partial charge in [0, 0.05) is 12.1 Å². The van der Waals surface area contributed by atoms with E-state index in [1.165, 1.54) is 29.5 Å². The highest BCUT2D eigenvalue weighted by atomic mass is 32.1. The van der Waals surface area contributed by atoms with Gasteiger partial charge in [0.1, 0.15) is 22.7 Å². The van der Waals surface area contributed by atoms with E-state index < -0.39 is 0 Å². The molecule has 1 aromatic carbocycles. The average Bonchev–Trinajstić information content (AvgIpc) is 2.98. The zero-order chi connectivity index (χ0) is 16.4. The molecule has 3 rings (SSSR count). The van der Waals surface area contributed by atoms with Crippen molar-refractivity contribution >= 4 is 38.9 Å². The summed E-state index contributed by atoms with van der Waals surface area (Å²) in [5, 5.41) is 34.8. The SMILES string of the molecule is O=c1[nH]c(Nc2ccc([NH+]([O-])CCO)cc2O)nc2ccsc12. The van der Waals surface area contributed by atoms with Gasteiger partial charge in [0.2, 0.25) is 5.95 Å². The van der Waals surface area contributed by atoms with Gasteiger partial charge in [-0.2, -0.15) is 0 Å². The molecule has 5 N–H and O–H groups in total. The Hall–Kier alpha value is -2.46. The van der Waals surface area contributed by atoms with Crippen LogP contribution in [0.2, 0.25) is 0 Å². The molecule has 0 aliphatic carbocycles. The third-order valence-electron chi connectivity index (χ3n) is 3.23. The van der Waals surface area contributed by atoms with Crippen LogP contribution in [-0.2, 0) is 0 Å². The lowest BCUT2D eigenvalue weighted by Crippen LogP contribution is -3.02. The van der Waals surface area contributed by atoms with Crippen molar-refractivity contribution in [2.24, 2.45) is 0 Å². The number of fused-ring (bicyclic) bond motifs is 1. The molecule has 1 unspecified atom stereocenters. The number of hydroxylamine groups is 1. The first kappa shape index (κ1) is 15.4. The second kappa shape index (κ2) is 6.34. The number of anilines is 2. The van der Waals surface area contributed by atoms with Gasteiger partial charge in [0.25, 0.3) is 5.56 Å². The van der Waals surface area contributed by atoms with Crippen molar-refractivity contribution in [2.75, 3.05) is 18.5 Å². The van der Waals surface area contributed by atoms with Crippen molar-refractivity contribution in [2.45, 2.75) is 0 Å². The number of aliphatic hydroxyl groups is 1. The summed E-state index contributed by atoms with van der Waals surface area (Å²) in [7, 11) is 0. The van der Waals surface area contributed by atoms with Crippen LogP contribution in [-0.4, -0.2) is 33.3 Å². The van der Waals surface area contributed by atoms with Crippen LogP contribution in [0.15, 0.2) is 34.4 Å². The van der Waals surface area contributed by atoms with E-state index in [2.05, 4.69) is 15.3 Å². The number of hydrogen-bond donors (Lipinski definition) is 5. The molecule has 2 aromatic heterocycles. The molecule has 0 spiro atoms. The highest BCUT2D eigenvalue weighted by Crippen LogP contribution is 2.27. The fourth-order valence-corrected chi connectivity index (χ4v) is 2.84. The topological polar surface area (TPSA) is 126 Å². The van der Waals surface area contributed by atoms with Gasteiger partial charge in [-0.1, -0.05) is 0 Å². The molecule has 0 saturated carbocycles. The monoisotopic (exact) mass is 334 g/mol. The molecule has 3 aromatic rings. The molecule has 0 fully saturated rings. The summed E-state index contributed by atoms with van der Waals surface area (Å²) in [5.74, 6) is 0.0486. The van der Waals surface area contributed by atoms with Crippen LogP contribution in [0.4, 0.5) is 17.3 Å². The van der Waals surface area contributed by atoms with Crippen molar-refractivity contribution in [3.63, 3.8) is 0 Å². The lowest BCUT2D eigenvalue weighted by Gasteiger charge is -2.21. The standard InChI is InChI=1S/C14H14N4O4S/c19-5-4-18(22)8-1-2-9(11(20)7-8)15-14-16-10-3-6-23-12(10)13(21)17-14/h1-3,6-7,18-20H,4-5H2,(H2,15,16,17,21). The smallest absolute Gasteiger partial charge is 0.270 e. The number of quaternary nitrogens is 1. The Morgan fingerprint density at radius 3 is 2.96 bits per heavy atom. The molecule has 0 aliphatic heterocycles. The molecule has 2 heterocycles. The maximum atomic E-state index is 11.9. The molecule has 120 valence electrons. The molecule has 23 heavy (non-hydrogen) atoms. The number of benzene rings is 1. The summed E-state index contributed by atoms with van der Waals surface area (Å²) in [6.07, 6.45) is 0. The van der Waals surface area contributed by atoms with Crippen molar-refractivity contribution in [3.05, 3.63) is 45.2 Å². The minimum Gasteiger partial charge on any atom is -0.629 e. The first-order chi connectivity index (χ1) is 11.1. The molecule has 0 radical (unpaired) electrons. The number of aromatic hydroxyl groups is 1. The zero-order valence-electron chi connectivity index (χ0n) is 11.9. The van der Waals surface area contributed by atoms with Crippen LogP contribution in [0.25, 0.3) is 10.2 Å². The van der Waals surface area contributed by atoms with Crippen LogP contribution in [0.5, 0.6) is 5.75 Å². The summed E-state index contributed by atoms with van der Waals surface area (Å²) in [6, 6.07) is 6.08. The molecule has 0 aliphatic rings.